The van der Waals surface area contributed by atoms with Crippen LogP contribution in [0.15, 0.2) is 60.7 Å². The summed E-state index contributed by atoms with van der Waals surface area (Å²) in [6.45, 7) is 2.62. The largest absolute Gasteiger partial charge is 0.458 e. The Hall–Kier alpha value is -4.72. The maximum atomic E-state index is 13.7. The summed E-state index contributed by atoms with van der Waals surface area (Å²) < 4.78 is 7.60. The lowest BCUT2D eigenvalue weighted by molar-refractivity contribution is -0.144. The van der Waals surface area contributed by atoms with E-state index in [4.69, 9.17) is 4.74 Å². The molecule has 0 spiro atoms. The maximum absolute atomic E-state index is 13.7. The maximum Gasteiger partial charge on any atom is 0.303 e. The number of imide groups is 3. The summed E-state index contributed by atoms with van der Waals surface area (Å²) in [5.74, 6) is -2.16. The fourth-order valence-electron chi connectivity index (χ4n) is 6.10. The van der Waals surface area contributed by atoms with Crippen molar-refractivity contribution in [1.29, 1.82) is 0 Å². The molecule has 0 bridgehead atoms. The summed E-state index contributed by atoms with van der Waals surface area (Å²) in [6, 6.07) is 15.2. The van der Waals surface area contributed by atoms with Gasteiger partial charge in [0.15, 0.2) is 0 Å². The van der Waals surface area contributed by atoms with Crippen molar-refractivity contribution in [3.8, 4) is 0 Å². The lowest BCUT2D eigenvalue weighted by Gasteiger charge is -2.17. The number of hydrogen-bond donors (Lipinski definition) is 1. The molecule has 3 amide bonds. The van der Waals surface area contributed by atoms with E-state index in [1.807, 2.05) is 60.7 Å². The van der Waals surface area contributed by atoms with Gasteiger partial charge in [0.1, 0.15) is 6.10 Å². The second-order valence-corrected chi connectivity index (χ2v) is 9.58. The van der Waals surface area contributed by atoms with E-state index in [2.05, 4.69) is 9.55 Å². The van der Waals surface area contributed by atoms with Gasteiger partial charge in [-0.15, -0.1) is 0 Å². The van der Waals surface area contributed by atoms with Crippen molar-refractivity contribution in [1.82, 2.24) is 14.5 Å². The quantitative estimate of drug-likeness (QED) is 0.213. The molecule has 8 heteroatoms. The third kappa shape index (κ3) is 2.78. The van der Waals surface area contributed by atoms with Crippen LogP contribution in [0.25, 0.3) is 43.6 Å². The molecule has 37 heavy (non-hydrogen) atoms. The van der Waals surface area contributed by atoms with Crippen molar-refractivity contribution >= 4 is 67.3 Å². The zero-order chi connectivity index (χ0) is 25.6. The zero-order valence-corrected chi connectivity index (χ0v) is 20.1. The van der Waals surface area contributed by atoms with Gasteiger partial charge >= 0.3 is 5.97 Å². The Kier molecular flexibility index (Phi) is 4.31. The molecule has 0 saturated carbocycles. The minimum Gasteiger partial charge on any atom is -0.458 e. The second-order valence-electron chi connectivity index (χ2n) is 9.58. The Labute approximate surface area is 210 Å². The van der Waals surface area contributed by atoms with Crippen molar-refractivity contribution in [2.75, 3.05) is 0 Å². The fourth-order valence-corrected chi connectivity index (χ4v) is 6.10. The topological polar surface area (TPSA) is 101 Å². The molecule has 1 aliphatic carbocycles. The molecule has 5 aromatic rings. The number of amides is 3. The number of nitrogens with one attached hydrogen (secondary N) is 1. The highest BCUT2D eigenvalue weighted by Gasteiger charge is 2.43. The van der Waals surface area contributed by atoms with E-state index >= 15 is 0 Å². The summed E-state index contributed by atoms with van der Waals surface area (Å²) in [7, 11) is 0. The molecule has 8 nitrogen and oxygen atoms in total. The summed E-state index contributed by atoms with van der Waals surface area (Å²) in [5, 5.41) is 2.88. The molecule has 0 fully saturated rings. The number of carbonyl (C=O) groups is 4. The van der Waals surface area contributed by atoms with E-state index in [9.17, 15) is 19.2 Å². The molecule has 1 N–H and O–H groups in total. The average molecular weight is 492 g/mol. The van der Waals surface area contributed by atoms with Crippen molar-refractivity contribution in [2.45, 2.75) is 32.4 Å². The van der Waals surface area contributed by atoms with E-state index in [1.165, 1.54) is 13.8 Å². The van der Waals surface area contributed by atoms with Crippen LogP contribution in [0.2, 0.25) is 0 Å². The first kappa shape index (κ1) is 21.6. The van der Waals surface area contributed by atoms with Gasteiger partial charge in [-0.1, -0.05) is 42.5 Å². The highest BCUT2D eigenvalue weighted by Crippen LogP contribution is 2.47. The van der Waals surface area contributed by atoms with Gasteiger partial charge in [-0.05, 0) is 18.2 Å². The van der Waals surface area contributed by atoms with E-state index in [-0.39, 0.29) is 29.2 Å². The molecule has 1 unspecified atom stereocenters. The molecule has 2 aromatic heterocycles. The molecule has 1 aliphatic heterocycles. The number of benzene rings is 3. The molecule has 3 aromatic carbocycles. The third-order valence-electron chi connectivity index (χ3n) is 7.42. The van der Waals surface area contributed by atoms with Crippen molar-refractivity contribution in [3.63, 3.8) is 0 Å². The van der Waals surface area contributed by atoms with Gasteiger partial charge in [0.05, 0.1) is 28.2 Å². The Morgan fingerprint density at radius 1 is 0.892 bits per heavy atom. The molecule has 2 atom stereocenters. The number of allylic oxidation sites excluding steroid dienone is 1. The van der Waals surface area contributed by atoms with E-state index < -0.39 is 17.7 Å². The second kappa shape index (κ2) is 7.39. The number of ether oxygens (including phenoxy) is 1. The number of hydrogen-bond acceptors (Lipinski definition) is 5. The first-order chi connectivity index (χ1) is 17.9. The van der Waals surface area contributed by atoms with Crippen molar-refractivity contribution in [2.24, 2.45) is 0 Å². The van der Waals surface area contributed by atoms with Gasteiger partial charge in [0.25, 0.3) is 11.8 Å². The van der Waals surface area contributed by atoms with Gasteiger partial charge in [0, 0.05) is 52.8 Å². The van der Waals surface area contributed by atoms with Crippen molar-refractivity contribution in [3.05, 3.63) is 71.8 Å². The van der Waals surface area contributed by atoms with Crippen LogP contribution < -0.4 is 0 Å². The lowest BCUT2D eigenvalue weighted by Crippen LogP contribution is -2.34. The van der Waals surface area contributed by atoms with Gasteiger partial charge in [-0.2, -0.15) is 0 Å². The van der Waals surface area contributed by atoms with Crippen LogP contribution in [0.3, 0.4) is 0 Å². The number of aromatic nitrogens is 2. The molecular weight excluding hydrogens is 470 g/mol. The molecule has 3 heterocycles. The summed E-state index contributed by atoms with van der Waals surface area (Å²) in [4.78, 5) is 55.6. The minimum atomic E-state index is -0.612. The highest BCUT2D eigenvalue weighted by atomic mass is 16.5. The van der Waals surface area contributed by atoms with Gasteiger partial charge < -0.3 is 14.3 Å². The third-order valence-corrected chi connectivity index (χ3v) is 7.42. The van der Waals surface area contributed by atoms with Crippen LogP contribution in [0.4, 0.5) is 0 Å². The monoisotopic (exact) mass is 491 g/mol. The number of esters is 1. The average Bonchev–Trinajstić information content (AvgIpc) is 3.60. The molecule has 2 aliphatic rings. The van der Waals surface area contributed by atoms with Crippen LogP contribution >= 0.6 is 0 Å². The number of aromatic amines is 1. The smallest absolute Gasteiger partial charge is 0.303 e. The van der Waals surface area contributed by atoms with Crippen LogP contribution in [-0.2, 0) is 14.3 Å². The number of nitrogens with zero attached hydrogens (tertiary/aromatic N) is 2. The SMILES string of the molecule is CC(=O)O[C@@H]1C=CC(n2c3ccccc3c3c4c(c5c6ccccc6[nH]c5c32)C(=O)N(C(C)=O)C4=O)C1. The number of carbonyl (C=O) groups excluding carboxylic acids is 4. The van der Waals surface area contributed by atoms with Crippen molar-refractivity contribution < 1.29 is 23.9 Å². The molecular formula is C29H21N3O5. The lowest BCUT2D eigenvalue weighted by atomic mass is 9.96. The summed E-state index contributed by atoms with van der Waals surface area (Å²) >= 11 is 0. The van der Waals surface area contributed by atoms with E-state index in [0.717, 1.165) is 37.7 Å². The van der Waals surface area contributed by atoms with Crippen LogP contribution in [0.5, 0.6) is 0 Å². The molecule has 0 saturated heterocycles. The van der Waals surface area contributed by atoms with Crippen LogP contribution in [-0.4, -0.2) is 44.2 Å². The first-order valence-corrected chi connectivity index (χ1v) is 12.1. The Morgan fingerprint density at radius 3 is 2.30 bits per heavy atom. The fraction of sp³-hybridized carbons (Fsp3) is 0.172. The Morgan fingerprint density at radius 2 is 1.57 bits per heavy atom. The summed E-state index contributed by atoms with van der Waals surface area (Å²) in [6.07, 6.45) is 4.08. The van der Waals surface area contributed by atoms with Gasteiger partial charge in [-0.3, -0.25) is 19.2 Å². The summed E-state index contributed by atoms with van der Waals surface area (Å²) in [5.41, 5.74) is 3.71. The van der Waals surface area contributed by atoms with E-state index in [0.29, 0.717) is 17.2 Å². The van der Waals surface area contributed by atoms with Crippen LogP contribution in [0, 0.1) is 0 Å². The molecule has 7 rings (SSSR count). The predicted octanol–water partition coefficient (Wildman–Crippen LogP) is 5.00. The zero-order valence-electron chi connectivity index (χ0n) is 20.1. The standard InChI is InChI=1S/C29H21N3O5/c1-14(33)31-28(35)24-22-18-7-3-5-9-20(18)30-26(22)27-23(25(24)29(31)36)19-8-4-6-10-21(19)32(27)16-11-12-17(13-16)37-15(2)34/h3-12,16-17,30H,13H2,1-2H3/t16?,17-/m1/s1. The van der Waals surface area contributed by atoms with Crippen LogP contribution in [0.1, 0.15) is 47.0 Å². The number of H-pyrrole nitrogens is 1. The molecule has 0 radical (unpaired) electrons. The van der Waals surface area contributed by atoms with Gasteiger partial charge in [0.2, 0.25) is 5.91 Å². The number of rotatable bonds is 2. The highest BCUT2D eigenvalue weighted by molar-refractivity contribution is 6.42. The predicted molar refractivity (Wildman–Crippen MR) is 138 cm³/mol. The molecule has 182 valence electrons. The normalized spacial score (nSPS) is 19.1. The Balaban J connectivity index is 1.67. The van der Waals surface area contributed by atoms with E-state index in [1.54, 1.807) is 0 Å². The number of fused-ring (bicyclic) bond motifs is 10. The Bertz CT molecular complexity index is 1910. The van der Waals surface area contributed by atoms with Gasteiger partial charge in [-0.25, -0.2) is 4.90 Å². The number of para-hydroxylation sites is 2. The first-order valence-electron chi connectivity index (χ1n) is 12.1. The minimum absolute atomic E-state index is 0.157.